The Labute approximate surface area is 85.5 Å². The average Bonchev–Trinajstić information content (AvgIpc) is 2.05. The molecule has 15 heavy (non-hydrogen) atoms. The number of benzene rings is 1. The molecule has 0 amide bonds. The molecule has 0 aromatic heterocycles. The zero-order chi connectivity index (χ0) is 11.8. The molecule has 82 valence electrons. The summed E-state index contributed by atoms with van der Waals surface area (Å²) in [6.07, 6.45) is -5.17. The van der Waals surface area contributed by atoms with E-state index in [9.17, 15) is 26.7 Å². The maximum absolute atomic E-state index is 12.8. The van der Waals surface area contributed by atoms with Crippen LogP contribution in [0.15, 0.2) is 12.1 Å². The Kier molecular flexibility index (Phi) is 2.99. The van der Waals surface area contributed by atoms with Gasteiger partial charge in [0.2, 0.25) is 0 Å². The summed E-state index contributed by atoms with van der Waals surface area (Å²) in [6.45, 7) is 0. The molecule has 0 saturated heterocycles. The number of alkyl halides is 3. The van der Waals surface area contributed by atoms with Gasteiger partial charge in [-0.2, -0.15) is 13.2 Å². The lowest BCUT2D eigenvalue weighted by molar-refractivity contribution is -0.140. The van der Waals surface area contributed by atoms with Gasteiger partial charge in [0.05, 0.1) is 5.56 Å². The molecule has 1 rings (SSSR count). The van der Waals surface area contributed by atoms with E-state index in [-0.39, 0.29) is 6.07 Å². The summed E-state index contributed by atoms with van der Waals surface area (Å²) in [4.78, 5) is 10.5. The number of carbonyl (C=O) groups excluding carboxylic acids is 1. The zero-order valence-corrected chi connectivity index (χ0v) is 7.59. The van der Waals surface area contributed by atoms with E-state index in [1.807, 2.05) is 0 Å². The van der Waals surface area contributed by atoms with Crippen LogP contribution in [-0.2, 0) is 6.18 Å². The molecule has 7 heteroatoms. The van der Waals surface area contributed by atoms with Gasteiger partial charge in [-0.3, -0.25) is 4.79 Å². The van der Waals surface area contributed by atoms with E-state index >= 15 is 0 Å². The van der Waals surface area contributed by atoms with Crippen molar-refractivity contribution in [2.45, 2.75) is 6.18 Å². The van der Waals surface area contributed by atoms with Gasteiger partial charge in [-0.05, 0) is 23.7 Å². The fourth-order valence-electron chi connectivity index (χ4n) is 1.02. The molecule has 0 aliphatic heterocycles. The molecule has 0 aliphatic carbocycles. The summed E-state index contributed by atoms with van der Waals surface area (Å²) in [5, 5.41) is -1.70. The Bertz CT molecular complexity index is 412. The third-order valence-corrected chi connectivity index (χ3v) is 1.77. The van der Waals surface area contributed by atoms with Crippen LogP contribution < -0.4 is 0 Å². The highest BCUT2D eigenvalue weighted by Crippen LogP contribution is 2.35. The van der Waals surface area contributed by atoms with Gasteiger partial charge in [0.25, 0.3) is 5.24 Å². The topological polar surface area (TPSA) is 17.1 Å². The van der Waals surface area contributed by atoms with Gasteiger partial charge in [-0.15, -0.1) is 0 Å². The van der Waals surface area contributed by atoms with Crippen molar-refractivity contribution in [1.29, 1.82) is 0 Å². The van der Waals surface area contributed by atoms with Gasteiger partial charge in [-0.25, -0.2) is 8.78 Å². The van der Waals surface area contributed by atoms with Crippen molar-refractivity contribution in [3.8, 4) is 0 Å². The Hall–Kier alpha value is -1.17. The smallest absolute Gasteiger partial charge is 0.275 e. The average molecular weight is 245 g/mol. The Morgan fingerprint density at radius 2 is 1.60 bits per heavy atom. The molecular formula is C8H2ClF5O. The van der Waals surface area contributed by atoms with Gasteiger partial charge < -0.3 is 0 Å². The lowest BCUT2D eigenvalue weighted by Crippen LogP contribution is -2.15. The highest BCUT2D eigenvalue weighted by Gasteiger charge is 2.39. The van der Waals surface area contributed by atoms with E-state index in [2.05, 4.69) is 0 Å². The summed E-state index contributed by atoms with van der Waals surface area (Å²) < 4.78 is 62.3. The van der Waals surface area contributed by atoms with Crippen LogP contribution in [0.25, 0.3) is 0 Å². The standard InChI is InChI=1S/C8H2ClF5O/c9-7(15)5-3(10)1-2-4(11)6(5)8(12,13)14/h1-2H. The van der Waals surface area contributed by atoms with E-state index in [4.69, 9.17) is 11.6 Å². The normalized spacial score (nSPS) is 11.6. The highest BCUT2D eigenvalue weighted by atomic mass is 35.5. The summed E-state index contributed by atoms with van der Waals surface area (Å²) in [5.74, 6) is -3.25. The van der Waals surface area contributed by atoms with Crippen molar-refractivity contribution in [1.82, 2.24) is 0 Å². The third-order valence-electron chi connectivity index (χ3n) is 1.58. The van der Waals surface area contributed by atoms with E-state index in [0.717, 1.165) is 0 Å². The third kappa shape index (κ3) is 2.26. The van der Waals surface area contributed by atoms with Crippen LogP contribution in [0.1, 0.15) is 15.9 Å². The number of hydrogen-bond acceptors (Lipinski definition) is 1. The minimum absolute atomic E-state index is 0.279. The van der Waals surface area contributed by atoms with Crippen LogP contribution in [0.3, 0.4) is 0 Å². The van der Waals surface area contributed by atoms with Gasteiger partial charge in [0, 0.05) is 0 Å². The van der Waals surface area contributed by atoms with Crippen molar-refractivity contribution in [2.24, 2.45) is 0 Å². The monoisotopic (exact) mass is 244 g/mol. The van der Waals surface area contributed by atoms with E-state index < -0.39 is 34.2 Å². The van der Waals surface area contributed by atoms with Crippen LogP contribution >= 0.6 is 11.6 Å². The second-order valence-corrected chi connectivity index (χ2v) is 2.89. The zero-order valence-electron chi connectivity index (χ0n) is 6.83. The predicted molar refractivity (Wildman–Crippen MR) is 41.5 cm³/mol. The highest BCUT2D eigenvalue weighted by molar-refractivity contribution is 6.68. The molecule has 1 aromatic rings. The van der Waals surface area contributed by atoms with Crippen molar-refractivity contribution in [3.63, 3.8) is 0 Å². The Balaban J connectivity index is 3.60. The maximum Gasteiger partial charge on any atom is 0.420 e. The maximum atomic E-state index is 12.8. The lowest BCUT2D eigenvalue weighted by atomic mass is 10.1. The summed E-state index contributed by atoms with van der Waals surface area (Å²) in [6, 6.07) is 0.682. The molecule has 0 fully saturated rings. The summed E-state index contributed by atoms with van der Waals surface area (Å²) >= 11 is 4.75. The SMILES string of the molecule is O=C(Cl)c1c(F)ccc(F)c1C(F)(F)F. The first-order chi connectivity index (χ1) is 6.75. The fourth-order valence-corrected chi connectivity index (χ4v) is 1.21. The molecule has 1 nitrogen and oxygen atoms in total. The van der Waals surface area contributed by atoms with Gasteiger partial charge in [0.1, 0.15) is 17.2 Å². The van der Waals surface area contributed by atoms with E-state index in [1.54, 1.807) is 0 Å². The predicted octanol–water partition coefficient (Wildman–Crippen LogP) is 3.36. The van der Waals surface area contributed by atoms with E-state index in [1.165, 1.54) is 0 Å². The minimum atomic E-state index is -5.17. The largest absolute Gasteiger partial charge is 0.420 e. The van der Waals surface area contributed by atoms with Crippen LogP contribution in [0.5, 0.6) is 0 Å². The first-order valence-electron chi connectivity index (χ1n) is 3.50. The lowest BCUT2D eigenvalue weighted by Gasteiger charge is -2.11. The second kappa shape index (κ2) is 3.77. The number of rotatable bonds is 1. The first-order valence-corrected chi connectivity index (χ1v) is 3.88. The summed E-state index contributed by atoms with van der Waals surface area (Å²) in [5.41, 5.74) is -3.48. The minimum Gasteiger partial charge on any atom is -0.275 e. The van der Waals surface area contributed by atoms with Crippen LogP contribution in [-0.4, -0.2) is 5.24 Å². The summed E-state index contributed by atoms with van der Waals surface area (Å²) in [7, 11) is 0. The van der Waals surface area contributed by atoms with Gasteiger partial charge in [-0.1, -0.05) is 0 Å². The number of hydrogen-bond donors (Lipinski definition) is 0. The first kappa shape index (κ1) is 11.9. The quantitative estimate of drug-likeness (QED) is 0.547. The van der Waals surface area contributed by atoms with Crippen molar-refractivity contribution in [2.75, 3.05) is 0 Å². The van der Waals surface area contributed by atoms with Gasteiger partial charge in [0.15, 0.2) is 0 Å². The Morgan fingerprint density at radius 3 is 1.93 bits per heavy atom. The molecule has 0 unspecified atom stereocenters. The molecule has 0 atom stereocenters. The molecule has 0 saturated carbocycles. The molecule has 0 bridgehead atoms. The van der Waals surface area contributed by atoms with Crippen molar-refractivity contribution < 1.29 is 26.7 Å². The van der Waals surface area contributed by atoms with Crippen LogP contribution in [0.2, 0.25) is 0 Å². The van der Waals surface area contributed by atoms with E-state index in [0.29, 0.717) is 6.07 Å². The molecule has 0 N–H and O–H groups in total. The number of halogens is 6. The van der Waals surface area contributed by atoms with Crippen LogP contribution in [0.4, 0.5) is 22.0 Å². The number of carbonyl (C=O) groups is 1. The molecule has 0 radical (unpaired) electrons. The Morgan fingerprint density at radius 1 is 1.13 bits per heavy atom. The molecule has 0 aliphatic rings. The molecular weight excluding hydrogens is 243 g/mol. The fraction of sp³-hybridized carbons (Fsp3) is 0.125. The molecule has 0 spiro atoms. The molecule has 0 heterocycles. The second-order valence-electron chi connectivity index (χ2n) is 2.55. The van der Waals surface area contributed by atoms with Crippen molar-refractivity contribution in [3.05, 3.63) is 34.9 Å². The van der Waals surface area contributed by atoms with Gasteiger partial charge >= 0.3 is 6.18 Å². The molecule has 1 aromatic carbocycles. The van der Waals surface area contributed by atoms with Crippen LogP contribution in [0, 0.1) is 11.6 Å². The van der Waals surface area contributed by atoms with Crippen molar-refractivity contribution >= 4 is 16.8 Å².